The lowest BCUT2D eigenvalue weighted by molar-refractivity contribution is 0.466. The number of sulfonamides is 1. The van der Waals surface area contributed by atoms with Gasteiger partial charge in [-0.2, -0.15) is 4.31 Å². The lowest BCUT2D eigenvalue weighted by Gasteiger charge is -2.17. The SMILES string of the molecule is Cc1cc(S(=O)(=O)N(C)Cc2cccc(Cl)c2)c(C)s1. The molecule has 0 aliphatic carbocycles. The zero-order valence-electron chi connectivity index (χ0n) is 11.6. The summed E-state index contributed by atoms with van der Waals surface area (Å²) in [4.78, 5) is 2.21. The fourth-order valence-corrected chi connectivity index (χ4v) is 4.90. The summed E-state index contributed by atoms with van der Waals surface area (Å²) in [6, 6.07) is 8.96. The minimum atomic E-state index is -3.46. The van der Waals surface area contributed by atoms with Gasteiger partial charge in [-0.15, -0.1) is 11.3 Å². The molecule has 0 aliphatic heterocycles. The molecule has 1 aromatic carbocycles. The molecule has 6 heteroatoms. The summed E-state index contributed by atoms with van der Waals surface area (Å²) in [6.45, 7) is 4.04. The first kappa shape index (κ1) is 15.5. The molecule has 108 valence electrons. The Kier molecular flexibility index (Phi) is 4.54. The highest BCUT2D eigenvalue weighted by Crippen LogP contribution is 2.28. The van der Waals surface area contributed by atoms with Gasteiger partial charge in [0.05, 0.1) is 4.90 Å². The lowest BCUT2D eigenvalue weighted by Crippen LogP contribution is -2.26. The smallest absolute Gasteiger partial charge is 0.207 e. The second-order valence-electron chi connectivity index (χ2n) is 4.67. The maximum absolute atomic E-state index is 12.6. The Balaban J connectivity index is 2.28. The Morgan fingerprint density at radius 1 is 1.25 bits per heavy atom. The van der Waals surface area contributed by atoms with E-state index in [2.05, 4.69) is 0 Å². The Morgan fingerprint density at radius 2 is 1.95 bits per heavy atom. The fraction of sp³-hybridized carbons (Fsp3) is 0.286. The molecule has 0 unspecified atom stereocenters. The van der Waals surface area contributed by atoms with E-state index in [1.165, 1.54) is 15.6 Å². The number of hydrogen-bond donors (Lipinski definition) is 0. The molecule has 2 aromatic rings. The van der Waals surface area contributed by atoms with E-state index in [-0.39, 0.29) is 0 Å². The number of aryl methyl sites for hydroxylation is 2. The lowest BCUT2D eigenvalue weighted by atomic mass is 10.2. The number of thiophene rings is 1. The zero-order valence-corrected chi connectivity index (χ0v) is 13.9. The highest BCUT2D eigenvalue weighted by molar-refractivity contribution is 7.89. The average molecular weight is 330 g/mol. The van der Waals surface area contributed by atoms with Crippen molar-refractivity contribution >= 4 is 33.0 Å². The van der Waals surface area contributed by atoms with Crippen molar-refractivity contribution in [3.63, 3.8) is 0 Å². The van der Waals surface area contributed by atoms with E-state index in [0.29, 0.717) is 16.5 Å². The molecular weight excluding hydrogens is 314 g/mol. The van der Waals surface area contributed by atoms with Gasteiger partial charge in [-0.25, -0.2) is 8.42 Å². The van der Waals surface area contributed by atoms with E-state index in [1.807, 2.05) is 26.0 Å². The first-order chi connectivity index (χ1) is 9.30. The van der Waals surface area contributed by atoms with E-state index in [9.17, 15) is 8.42 Å². The highest BCUT2D eigenvalue weighted by atomic mass is 35.5. The van der Waals surface area contributed by atoms with Gasteiger partial charge in [0.1, 0.15) is 0 Å². The molecule has 3 nitrogen and oxygen atoms in total. The molecule has 20 heavy (non-hydrogen) atoms. The molecule has 1 heterocycles. The topological polar surface area (TPSA) is 37.4 Å². The third-order valence-corrected chi connectivity index (χ3v) is 6.24. The van der Waals surface area contributed by atoms with Gasteiger partial charge in [-0.05, 0) is 37.6 Å². The molecule has 0 N–H and O–H groups in total. The van der Waals surface area contributed by atoms with E-state index >= 15 is 0 Å². The van der Waals surface area contributed by atoms with E-state index in [1.54, 1.807) is 25.2 Å². The summed E-state index contributed by atoms with van der Waals surface area (Å²) in [6.07, 6.45) is 0. The van der Waals surface area contributed by atoms with Crippen LogP contribution in [0.4, 0.5) is 0 Å². The molecular formula is C14H16ClNO2S2. The van der Waals surface area contributed by atoms with E-state index < -0.39 is 10.0 Å². The zero-order chi connectivity index (χ0) is 14.9. The van der Waals surface area contributed by atoms with Gasteiger partial charge in [0.25, 0.3) is 0 Å². The number of hydrogen-bond acceptors (Lipinski definition) is 3. The molecule has 0 radical (unpaired) electrons. The molecule has 1 aromatic heterocycles. The normalized spacial score (nSPS) is 12.1. The van der Waals surface area contributed by atoms with Gasteiger partial charge >= 0.3 is 0 Å². The van der Waals surface area contributed by atoms with Gasteiger partial charge in [-0.3, -0.25) is 0 Å². The highest BCUT2D eigenvalue weighted by Gasteiger charge is 2.24. The van der Waals surface area contributed by atoms with Crippen LogP contribution >= 0.6 is 22.9 Å². The Morgan fingerprint density at radius 3 is 2.50 bits per heavy atom. The van der Waals surface area contributed by atoms with Crippen LogP contribution in [0.15, 0.2) is 35.2 Å². The standard InChI is InChI=1S/C14H16ClNO2S2/c1-10-7-14(11(2)19-10)20(17,18)16(3)9-12-5-4-6-13(15)8-12/h4-8H,9H2,1-3H3. The molecule has 0 aliphatic rings. The van der Waals surface area contributed by atoms with Crippen LogP contribution in [0.2, 0.25) is 5.02 Å². The van der Waals surface area contributed by atoms with Crippen molar-refractivity contribution in [3.8, 4) is 0 Å². The summed E-state index contributed by atoms with van der Waals surface area (Å²) in [5.74, 6) is 0. The number of benzene rings is 1. The van der Waals surface area contributed by atoms with Gasteiger partial charge in [-0.1, -0.05) is 23.7 Å². The average Bonchev–Trinajstić information content (AvgIpc) is 2.69. The van der Waals surface area contributed by atoms with Crippen molar-refractivity contribution in [2.24, 2.45) is 0 Å². The maximum Gasteiger partial charge on any atom is 0.244 e. The van der Waals surface area contributed by atoms with Crippen molar-refractivity contribution < 1.29 is 8.42 Å². The first-order valence-corrected chi connectivity index (χ1v) is 8.72. The van der Waals surface area contributed by atoms with Gasteiger partial charge in [0.15, 0.2) is 0 Å². The number of halogens is 1. The van der Waals surface area contributed by atoms with Gasteiger partial charge in [0, 0.05) is 28.4 Å². The van der Waals surface area contributed by atoms with Crippen LogP contribution < -0.4 is 0 Å². The van der Waals surface area contributed by atoms with Crippen molar-refractivity contribution in [3.05, 3.63) is 50.7 Å². The summed E-state index contributed by atoms with van der Waals surface area (Å²) in [5.41, 5.74) is 0.869. The van der Waals surface area contributed by atoms with Crippen LogP contribution in [0.5, 0.6) is 0 Å². The summed E-state index contributed by atoms with van der Waals surface area (Å²) in [7, 11) is -1.87. The van der Waals surface area contributed by atoms with E-state index in [4.69, 9.17) is 11.6 Å². The predicted molar refractivity (Wildman–Crippen MR) is 83.9 cm³/mol. The van der Waals surface area contributed by atoms with Crippen molar-refractivity contribution in [1.82, 2.24) is 4.31 Å². The minimum absolute atomic E-state index is 0.303. The summed E-state index contributed by atoms with van der Waals surface area (Å²) < 4.78 is 26.5. The summed E-state index contributed by atoms with van der Waals surface area (Å²) in [5, 5.41) is 0.607. The van der Waals surface area contributed by atoms with Gasteiger partial charge < -0.3 is 0 Å². The molecule has 0 saturated carbocycles. The third kappa shape index (κ3) is 3.23. The number of nitrogens with zero attached hydrogens (tertiary/aromatic N) is 1. The van der Waals surface area contributed by atoms with Crippen molar-refractivity contribution in [2.45, 2.75) is 25.3 Å². The first-order valence-electron chi connectivity index (χ1n) is 6.08. The molecule has 0 atom stereocenters. The monoisotopic (exact) mass is 329 g/mol. The Bertz CT molecular complexity index is 723. The minimum Gasteiger partial charge on any atom is -0.207 e. The van der Waals surface area contributed by atoms with Crippen molar-refractivity contribution in [1.29, 1.82) is 0 Å². The Labute approximate surface area is 128 Å². The Hall–Kier alpha value is -0.880. The largest absolute Gasteiger partial charge is 0.244 e. The fourth-order valence-electron chi connectivity index (χ4n) is 2.01. The molecule has 0 bridgehead atoms. The predicted octanol–water partition coefficient (Wildman–Crippen LogP) is 3.84. The second kappa shape index (κ2) is 5.85. The van der Waals surface area contributed by atoms with E-state index in [0.717, 1.165) is 15.3 Å². The van der Waals surface area contributed by atoms with Gasteiger partial charge in [0.2, 0.25) is 10.0 Å². The quantitative estimate of drug-likeness (QED) is 0.854. The molecule has 0 amide bonds. The van der Waals surface area contributed by atoms with Crippen LogP contribution in [-0.4, -0.2) is 19.8 Å². The molecule has 0 saturated heterocycles. The van der Waals surface area contributed by atoms with Crippen LogP contribution in [0.25, 0.3) is 0 Å². The van der Waals surface area contributed by atoms with Crippen LogP contribution in [0.1, 0.15) is 15.3 Å². The van der Waals surface area contributed by atoms with Crippen LogP contribution in [0.3, 0.4) is 0 Å². The molecule has 0 spiro atoms. The maximum atomic E-state index is 12.6. The third-order valence-electron chi connectivity index (χ3n) is 2.98. The summed E-state index contributed by atoms with van der Waals surface area (Å²) >= 11 is 7.42. The molecule has 0 fully saturated rings. The van der Waals surface area contributed by atoms with Crippen molar-refractivity contribution in [2.75, 3.05) is 7.05 Å². The number of rotatable bonds is 4. The van der Waals surface area contributed by atoms with Crippen LogP contribution in [0, 0.1) is 13.8 Å². The second-order valence-corrected chi connectivity index (χ2v) is 8.58. The van der Waals surface area contributed by atoms with Crippen LogP contribution in [-0.2, 0) is 16.6 Å². The molecule has 2 rings (SSSR count).